The monoisotopic (exact) mass is 436 g/mol. The molecule has 2 heterocycles. The number of hydrogen-bond donors (Lipinski definition) is 2. The average molecular weight is 437 g/mol. The number of amides is 1. The standard InChI is InChI=1S/C16H16ClF3N4O3S/c17-11-4-3-9(16(18,19)20)6-12(11)21-13(25)8-28-15-23-22-14(26)24(15)7-10-2-1-5-27-10/h3-4,6,10H,1-2,5,7-8H2,(H,21,25)(H,22,26). The van der Waals surface area contributed by atoms with Gasteiger partial charge < -0.3 is 10.1 Å². The Balaban J connectivity index is 1.63. The summed E-state index contributed by atoms with van der Waals surface area (Å²) in [5.41, 5.74) is -1.47. The lowest BCUT2D eigenvalue weighted by atomic mass is 10.2. The van der Waals surface area contributed by atoms with Crippen molar-refractivity contribution in [3.05, 3.63) is 39.3 Å². The van der Waals surface area contributed by atoms with Crippen molar-refractivity contribution in [1.29, 1.82) is 0 Å². The fourth-order valence-electron chi connectivity index (χ4n) is 2.68. The molecule has 0 aliphatic carbocycles. The summed E-state index contributed by atoms with van der Waals surface area (Å²) in [7, 11) is 0. The number of thioether (sulfide) groups is 1. The molecule has 28 heavy (non-hydrogen) atoms. The number of aromatic nitrogens is 3. The molecule has 152 valence electrons. The molecule has 1 fully saturated rings. The molecule has 12 heteroatoms. The van der Waals surface area contributed by atoms with Crippen molar-refractivity contribution in [1.82, 2.24) is 14.8 Å². The van der Waals surface area contributed by atoms with E-state index >= 15 is 0 Å². The third-order valence-electron chi connectivity index (χ3n) is 4.03. The van der Waals surface area contributed by atoms with E-state index in [1.165, 1.54) is 4.57 Å². The molecular weight excluding hydrogens is 421 g/mol. The Hall–Kier alpha value is -1.98. The van der Waals surface area contributed by atoms with Crippen LogP contribution in [0.4, 0.5) is 18.9 Å². The van der Waals surface area contributed by atoms with Crippen molar-refractivity contribution in [2.24, 2.45) is 0 Å². The van der Waals surface area contributed by atoms with E-state index in [2.05, 4.69) is 15.5 Å². The largest absolute Gasteiger partial charge is 0.416 e. The van der Waals surface area contributed by atoms with Gasteiger partial charge >= 0.3 is 11.9 Å². The SMILES string of the molecule is O=C(CSc1n[nH]c(=O)n1CC1CCCO1)Nc1cc(C(F)(F)F)ccc1Cl. The minimum absolute atomic E-state index is 0.0126. The number of halogens is 4. The van der Waals surface area contributed by atoms with Crippen molar-refractivity contribution >= 4 is 35.0 Å². The van der Waals surface area contributed by atoms with Crippen LogP contribution in [0.15, 0.2) is 28.2 Å². The van der Waals surface area contributed by atoms with Gasteiger partial charge in [0.2, 0.25) is 5.91 Å². The summed E-state index contributed by atoms with van der Waals surface area (Å²) in [5, 5.41) is 8.83. The lowest BCUT2D eigenvalue weighted by Gasteiger charge is -2.12. The predicted molar refractivity (Wildman–Crippen MR) is 97.6 cm³/mol. The van der Waals surface area contributed by atoms with E-state index < -0.39 is 23.3 Å². The first-order valence-electron chi connectivity index (χ1n) is 8.30. The topological polar surface area (TPSA) is 89.0 Å². The van der Waals surface area contributed by atoms with E-state index in [0.29, 0.717) is 18.3 Å². The molecule has 1 atom stereocenters. The Morgan fingerprint density at radius 2 is 2.25 bits per heavy atom. The molecule has 2 aromatic rings. The van der Waals surface area contributed by atoms with Crippen LogP contribution in [0.3, 0.4) is 0 Å². The van der Waals surface area contributed by atoms with Crippen molar-refractivity contribution < 1.29 is 22.7 Å². The second-order valence-corrected chi connectivity index (χ2v) is 7.44. The molecule has 0 saturated carbocycles. The van der Waals surface area contributed by atoms with Crippen LogP contribution in [0.5, 0.6) is 0 Å². The van der Waals surface area contributed by atoms with E-state index in [-0.39, 0.29) is 22.6 Å². The summed E-state index contributed by atoms with van der Waals surface area (Å²) < 4.78 is 45.3. The molecule has 1 aliphatic heterocycles. The lowest BCUT2D eigenvalue weighted by Crippen LogP contribution is -2.25. The molecular formula is C16H16ClF3N4O3S. The van der Waals surface area contributed by atoms with Gasteiger partial charge in [-0.25, -0.2) is 9.89 Å². The molecule has 7 nitrogen and oxygen atoms in total. The fraction of sp³-hybridized carbons (Fsp3) is 0.438. The van der Waals surface area contributed by atoms with Crippen molar-refractivity contribution in [2.75, 3.05) is 17.7 Å². The lowest BCUT2D eigenvalue weighted by molar-refractivity contribution is -0.137. The Labute approximate surface area is 166 Å². The Bertz CT molecular complexity index is 909. The summed E-state index contributed by atoms with van der Waals surface area (Å²) in [4.78, 5) is 24.0. The Morgan fingerprint density at radius 3 is 2.93 bits per heavy atom. The van der Waals surface area contributed by atoms with Crippen LogP contribution in [0, 0.1) is 0 Å². The number of benzene rings is 1. The first kappa shape index (κ1) is 20.7. The van der Waals surface area contributed by atoms with Crippen LogP contribution >= 0.6 is 23.4 Å². The highest BCUT2D eigenvalue weighted by molar-refractivity contribution is 7.99. The van der Waals surface area contributed by atoms with E-state index in [1.54, 1.807) is 0 Å². The minimum atomic E-state index is -4.55. The minimum Gasteiger partial charge on any atom is -0.376 e. The maximum Gasteiger partial charge on any atom is 0.416 e. The molecule has 1 aromatic heterocycles. The number of hydrogen-bond acceptors (Lipinski definition) is 5. The zero-order valence-corrected chi connectivity index (χ0v) is 16.0. The number of anilines is 1. The van der Waals surface area contributed by atoms with Gasteiger partial charge in [-0.1, -0.05) is 23.4 Å². The molecule has 0 spiro atoms. The number of carbonyl (C=O) groups excluding carboxylic acids is 1. The van der Waals surface area contributed by atoms with Gasteiger partial charge in [0.05, 0.1) is 34.7 Å². The van der Waals surface area contributed by atoms with E-state index in [9.17, 15) is 22.8 Å². The summed E-state index contributed by atoms with van der Waals surface area (Å²) in [6.07, 6.45) is -2.89. The zero-order chi connectivity index (χ0) is 20.3. The number of nitrogens with zero attached hydrogens (tertiary/aromatic N) is 2. The Kier molecular flexibility index (Phi) is 6.36. The predicted octanol–water partition coefficient (Wildman–Crippen LogP) is 3.15. The summed E-state index contributed by atoms with van der Waals surface area (Å²) in [5.74, 6) is -0.743. The quantitative estimate of drug-likeness (QED) is 0.679. The number of rotatable bonds is 6. The highest BCUT2D eigenvalue weighted by Gasteiger charge is 2.31. The molecule has 1 amide bonds. The third-order valence-corrected chi connectivity index (χ3v) is 5.34. The van der Waals surface area contributed by atoms with Crippen LogP contribution in [-0.4, -0.2) is 39.1 Å². The van der Waals surface area contributed by atoms with Gasteiger partial charge in [0, 0.05) is 6.61 Å². The Morgan fingerprint density at radius 1 is 1.46 bits per heavy atom. The number of alkyl halides is 3. The van der Waals surface area contributed by atoms with E-state index in [0.717, 1.165) is 42.8 Å². The van der Waals surface area contributed by atoms with E-state index in [1.807, 2.05) is 0 Å². The number of aromatic amines is 1. The second kappa shape index (κ2) is 8.58. The van der Waals surface area contributed by atoms with Gasteiger partial charge in [0.1, 0.15) is 0 Å². The molecule has 3 rings (SSSR count). The number of ether oxygens (including phenoxy) is 1. The third kappa shape index (κ3) is 5.09. The van der Waals surface area contributed by atoms with E-state index in [4.69, 9.17) is 16.3 Å². The highest BCUT2D eigenvalue weighted by Crippen LogP contribution is 2.34. The first-order valence-corrected chi connectivity index (χ1v) is 9.66. The first-order chi connectivity index (χ1) is 13.2. The van der Waals surface area contributed by atoms with Gasteiger partial charge in [0.25, 0.3) is 0 Å². The van der Waals surface area contributed by atoms with Gasteiger partial charge in [-0.3, -0.25) is 9.36 Å². The van der Waals surface area contributed by atoms with Crippen molar-refractivity contribution in [2.45, 2.75) is 36.8 Å². The van der Waals surface area contributed by atoms with Gasteiger partial charge in [-0.15, -0.1) is 5.10 Å². The number of H-pyrrole nitrogens is 1. The molecule has 0 radical (unpaired) electrons. The molecule has 1 unspecified atom stereocenters. The fourth-order valence-corrected chi connectivity index (χ4v) is 3.60. The smallest absolute Gasteiger partial charge is 0.376 e. The van der Waals surface area contributed by atoms with Crippen LogP contribution < -0.4 is 11.0 Å². The normalized spacial score (nSPS) is 17.1. The maximum absolute atomic E-state index is 12.8. The highest BCUT2D eigenvalue weighted by atomic mass is 35.5. The second-order valence-electron chi connectivity index (χ2n) is 6.09. The average Bonchev–Trinajstić information content (AvgIpc) is 3.25. The van der Waals surface area contributed by atoms with Gasteiger partial charge in [-0.05, 0) is 31.0 Å². The summed E-state index contributed by atoms with van der Waals surface area (Å²) >= 11 is 6.85. The molecule has 1 aliphatic rings. The van der Waals surface area contributed by atoms with Crippen LogP contribution in [-0.2, 0) is 22.3 Å². The molecule has 1 saturated heterocycles. The summed E-state index contributed by atoms with van der Waals surface area (Å²) in [6, 6.07) is 2.67. The van der Waals surface area contributed by atoms with Crippen LogP contribution in [0.2, 0.25) is 5.02 Å². The number of carbonyl (C=O) groups is 1. The van der Waals surface area contributed by atoms with Crippen LogP contribution in [0.1, 0.15) is 18.4 Å². The molecule has 2 N–H and O–H groups in total. The van der Waals surface area contributed by atoms with Gasteiger partial charge in [-0.2, -0.15) is 13.2 Å². The zero-order valence-electron chi connectivity index (χ0n) is 14.4. The maximum atomic E-state index is 12.8. The molecule has 0 bridgehead atoms. The van der Waals surface area contributed by atoms with Crippen LogP contribution in [0.25, 0.3) is 0 Å². The number of nitrogens with one attached hydrogen (secondary N) is 2. The van der Waals surface area contributed by atoms with Gasteiger partial charge in [0.15, 0.2) is 5.16 Å². The molecule has 1 aromatic carbocycles. The van der Waals surface area contributed by atoms with Crippen molar-refractivity contribution in [3.63, 3.8) is 0 Å². The van der Waals surface area contributed by atoms with Crippen molar-refractivity contribution in [3.8, 4) is 0 Å². The summed E-state index contributed by atoms with van der Waals surface area (Å²) in [6.45, 7) is 0.957.